The van der Waals surface area contributed by atoms with E-state index in [9.17, 15) is 0 Å². The molecule has 1 fully saturated rings. The van der Waals surface area contributed by atoms with E-state index in [2.05, 4.69) is 0 Å². The van der Waals surface area contributed by atoms with Gasteiger partial charge in [0.25, 0.3) is 0 Å². The molecular formula is C7H10N. The Morgan fingerprint density at radius 2 is 1.88 bits per heavy atom. The van der Waals surface area contributed by atoms with E-state index in [-0.39, 0.29) is 6.04 Å². The van der Waals surface area contributed by atoms with Crippen LogP contribution >= 0.6 is 0 Å². The molecule has 1 heteroatoms. The molecule has 1 nitrogen and oxygen atoms in total. The van der Waals surface area contributed by atoms with Gasteiger partial charge in [0.15, 0.2) is 0 Å². The van der Waals surface area contributed by atoms with E-state index >= 15 is 0 Å². The summed E-state index contributed by atoms with van der Waals surface area (Å²) >= 11 is 0. The smallest absolute Gasteiger partial charge is 0.00789 e. The Bertz CT molecular complexity index is 62.8. The van der Waals surface area contributed by atoms with Crippen LogP contribution in [0.2, 0.25) is 0 Å². The first-order chi connectivity index (χ1) is 3.80. The lowest BCUT2D eigenvalue weighted by Gasteiger charge is -2.10. The summed E-state index contributed by atoms with van der Waals surface area (Å²) in [6, 6.07) is 0.185. The van der Waals surface area contributed by atoms with Crippen molar-refractivity contribution >= 4 is 0 Å². The second-order valence-electron chi connectivity index (χ2n) is 2.01. The summed E-state index contributed by atoms with van der Waals surface area (Å²) in [5, 5.41) is 0. The third-order valence-corrected chi connectivity index (χ3v) is 1.21. The van der Waals surface area contributed by atoms with E-state index in [1.807, 2.05) is 32.6 Å². The maximum atomic E-state index is 5.56. The highest BCUT2D eigenvalue weighted by Crippen LogP contribution is 2.24. The zero-order chi connectivity index (χ0) is 5.98. The molecule has 1 atom stereocenters. The molecule has 2 N–H and O–H groups in total. The summed E-state index contributed by atoms with van der Waals surface area (Å²) in [5.74, 6) is 1.21. The molecule has 1 aliphatic carbocycles. The molecule has 0 aromatic rings. The van der Waals surface area contributed by atoms with Crippen molar-refractivity contribution in [2.24, 2.45) is 5.73 Å². The van der Waals surface area contributed by atoms with Gasteiger partial charge in [-0.25, -0.2) is 0 Å². The van der Waals surface area contributed by atoms with Gasteiger partial charge >= 0.3 is 0 Å². The van der Waals surface area contributed by atoms with Crippen molar-refractivity contribution in [3.8, 4) is 0 Å². The molecular weight excluding hydrogens is 98.1 g/mol. The Morgan fingerprint density at radius 3 is 2.12 bits per heavy atom. The van der Waals surface area contributed by atoms with Crippen molar-refractivity contribution in [3.05, 3.63) is 31.6 Å². The molecule has 1 saturated carbocycles. The van der Waals surface area contributed by atoms with Crippen molar-refractivity contribution in [1.29, 1.82) is 0 Å². The zero-order valence-electron chi connectivity index (χ0n) is 4.96. The Kier molecular flexibility index (Phi) is 1.90. The molecule has 0 aliphatic heterocycles. The highest BCUT2D eigenvalue weighted by atomic mass is 14.6. The van der Waals surface area contributed by atoms with Crippen LogP contribution in [0.4, 0.5) is 0 Å². The lowest BCUT2D eigenvalue weighted by atomic mass is 10.0. The highest BCUT2D eigenvalue weighted by molar-refractivity contribution is 5.37. The second kappa shape index (κ2) is 2.49. The minimum absolute atomic E-state index is 0.185. The lowest BCUT2D eigenvalue weighted by molar-refractivity contribution is 0.801. The standard InChI is InChI=1S/C7H10N/c1-6(8)7-4-2-3-5-7/h2-6H,8H2,1H3/t6-/m1/s1. The van der Waals surface area contributed by atoms with Gasteiger partial charge in [0.1, 0.15) is 0 Å². The molecule has 8 heavy (non-hydrogen) atoms. The molecule has 1 aliphatic rings. The Hall–Kier alpha value is -0.0400. The predicted molar refractivity (Wildman–Crippen MR) is 34.1 cm³/mol. The van der Waals surface area contributed by atoms with Gasteiger partial charge in [-0.1, -0.05) is 0 Å². The van der Waals surface area contributed by atoms with Crippen LogP contribution in [0.15, 0.2) is 0 Å². The van der Waals surface area contributed by atoms with E-state index in [0.717, 1.165) is 0 Å². The van der Waals surface area contributed by atoms with E-state index in [0.29, 0.717) is 0 Å². The first-order valence-electron chi connectivity index (χ1n) is 2.78. The molecule has 0 heterocycles. The first kappa shape index (κ1) is 6.09. The molecule has 0 unspecified atom stereocenters. The van der Waals surface area contributed by atoms with Crippen LogP contribution in [0.1, 0.15) is 6.92 Å². The molecule has 0 amide bonds. The molecule has 0 spiro atoms. The number of nitrogens with two attached hydrogens (primary N) is 1. The third kappa shape index (κ3) is 1.22. The monoisotopic (exact) mass is 108 g/mol. The Morgan fingerprint density at radius 1 is 1.38 bits per heavy atom. The SMILES string of the molecule is C[C@@H](N)[C]1[CH][CH][CH][CH]1. The van der Waals surface area contributed by atoms with E-state index < -0.39 is 0 Å². The van der Waals surface area contributed by atoms with Crippen LogP contribution in [-0.4, -0.2) is 6.04 Å². The predicted octanol–water partition coefficient (Wildman–Crippen LogP) is 0.739. The summed E-state index contributed by atoms with van der Waals surface area (Å²) in [5.41, 5.74) is 5.56. The molecule has 1 rings (SSSR count). The van der Waals surface area contributed by atoms with E-state index in [1.165, 1.54) is 5.92 Å². The average molecular weight is 108 g/mol. The number of hydrogen-bond acceptors (Lipinski definition) is 1. The molecule has 0 saturated heterocycles. The third-order valence-electron chi connectivity index (χ3n) is 1.21. The van der Waals surface area contributed by atoms with Crippen LogP contribution in [0.25, 0.3) is 0 Å². The van der Waals surface area contributed by atoms with Crippen LogP contribution in [0.5, 0.6) is 0 Å². The topological polar surface area (TPSA) is 26.0 Å². The molecule has 0 aromatic heterocycles. The van der Waals surface area contributed by atoms with Crippen molar-refractivity contribution in [2.75, 3.05) is 0 Å². The summed E-state index contributed by atoms with van der Waals surface area (Å²) in [6.07, 6.45) is 8.06. The van der Waals surface area contributed by atoms with Gasteiger partial charge < -0.3 is 5.73 Å². The van der Waals surface area contributed by atoms with Gasteiger partial charge in [-0.3, -0.25) is 0 Å². The Labute approximate surface area is 51.3 Å². The minimum Gasteiger partial charge on any atom is -0.327 e. The molecule has 43 valence electrons. The van der Waals surface area contributed by atoms with Gasteiger partial charge in [0.2, 0.25) is 0 Å². The lowest BCUT2D eigenvalue weighted by Crippen LogP contribution is -2.22. The van der Waals surface area contributed by atoms with Gasteiger partial charge in [0.05, 0.1) is 0 Å². The summed E-state index contributed by atoms with van der Waals surface area (Å²) in [4.78, 5) is 0. The largest absolute Gasteiger partial charge is 0.327 e. The van der Waals surface area contributed by atoms with Crippen molar-refractivity contribution in [1.82, 2.24) is 0 Å². The fourth-order valence-corrected chi connectivity index (χ4v) is 0.692. The quantitative estimate of drug-likeness (QED) is 0.526. The number of rotatable bonds is 1. The maximum Gasteiger partial charge on any atom is 0.00789 e. The summed E-state index contributed by atoms with van der Waals surface area (Å²) in [6.45, 7) is 1.98. The zero-order valence-corrected chi connectivity index (χ0v) is 4.96. The highest BCUT2D eigenvalue weighted by Gasteiger charge is 2.19. The van der Waals surface area contributed by atoms with Crippen LogP contribution in [0, 0.1) is 31.6 Å². The molecule has 5 radical (unpaired) electrons. The van der Waals surface area contributed by atoms with Gasteiger partial charge in [0, 0.05) is 6.04 Å². The van der Waals surface area contributed by atoms with Crippen molar-refractivity contribution in [3.63, 3.8) is 0 Å². The first-order valence-corrected chi connectivity index (χ1v) is 2.78. The maximum absolute atomic E-state index is 5.56. The fraction of sp³-hybridized carbons (Fsp3) is 0.286. The van der Waals surface area contributed by atoms with E-state index in [4.69, 9.17) is 5.73 Å². The molecule has 0 bridgehead atoms. The van der Waals surface area contributed by atoms with Crippen molar-refractivity contribution in [2.45, 2.75) is 13.0 Å². The van der Waals surface area contributed by atoms with Gasteiger partial charge in [-0.2, -0.15) is 0 Å². The minimum atomic E-state index is 0.185. The normalized spacial score (nSPS) is 26.2. The van der Waals surface area contributed by atoms with Gasteiger partial charge in [-0.05, 0) is 38.5 Å². The van der Waals surface area contributed by atoms with Crippen LogP contribution < -0.4 is 5.73 Å². The van der Waals surface area contributed by atoms with Crippen LogP contribution in [0.3, 0.4) is 0 Å². The summed E-state index contributed by atoms with van der Waals surface area (Å²) < 4.78 is 0. The Balaban J connectivity index is 2.24. The van der Waals surface area contributed by atoms with Gasteiger partial charge in [-0.15, -0.1) is 0 Å². The fourth-order valence-electron chi connectivity index (χ4n) is 0.692. The van der Waals surface area contributed by atoms with Crippen LogP contribution in [-0.2, 0) is 0 Å². The second-order valence-corrected chi connectivity index (χ2v) is 2.01. The average Bonchev–Trinajstić information content (AvgIpc) is 2.12. The summed E-state index contributed by atoms with van der Waals surface area (Å²) in [7, 11) is 0. The molecule has 0 aromatic carbocycles. The number of hydrogen-bond donors (Lipinski definition) is 1. The van der Waals surface area contributed by atoms with Crippen molar-refractivity contribution < 1.29 is 0 Å². The van der Waals surface area contributed by atoms with E-state index in [1.54, 1.807) is 0 Å².